The summed E-state index contributed by atoms with van der Waals surface area (Å²) in [6.07, 6.45) is -3.64. The summed E-state index contributed by atoms with van der Waals surface area (Å²) in [6, 6.07) is 4.41. The minimum atomic E-state index is -1.58. The van der Waals surface area contributed by atoms with Gasteiger partial charge in [0.2, 0.25) is 12.0 Å². The maximum Gasteiger partial charge on any atom is 0.382 e. The Morgan fingerprint density at radius 1 is 1.03 bits per heavy atom. The molecule has 5 atom stereocenters. The van der Waals surface area contributed by atoms with Crippen LogP contribution in [-0.2, 0) is 4.74 Å². The van der Waals surface area contributed by atoms with Crippen LogP contribution in [0.2, 0.25) is 0 Å². The van der Waals surface area contributed by atoms with Crippen molar-refractivity contribution >= 4 is 11.0 Å². The van der Waals surface area contributed by atoms with Gasteiger partial charge in [-0.2, -0.15) is 0 Å². The molecule has 2 fully saturated rings. The van der Waals surface area contributed by atoms with E-state index in [1.54, 1.807) is 0 Å². The van der Waals surface area contributed by atoms with Gasteiger partial charge >= 0.3 is 5.63 Å². The van der Waals surface area contributed by atoms with Crippen LogP contribution in [0.3, 0.4) is 0 Å². The quantitative estimate of drug-likeness (QED) is 0.407. The number of aliphatic hydroxyl groups is 4. The standard InChI is InChI=1S/C22H28O10/c1-10-2-4-11(5-3-10)29-20-13-7-6-12(8-14(13)31-21(28)19(20)27)30-22-18(26)17(25)16(24)15(9-23)32-22/h6-8,10-11,15-18,22-27H,2-5,9H2,1H3/t10?,11?,15-,16-,17+,18-,22-/m1/s1. The number of rotatable bonds is 5. The van der Waals surface area contributed by atoms with Gasteiger partial charge in [-0.1, -0.05) is 6.92 Å². The van der Waals surface area contributed by atoms with Gasteiger partial charge < -0.3 is 44.2 Å². The Morgan fingerprint density at radius 2 is 1.75 bits per heavy atom. The lowest BCUT2D eigenvalue weighted by atomic mass is 9.89. The zero-order chi connectivity index (χ0) is 23.0. The first kappa shape index (κ1) is 22.8. The first-order chi connectivity index (χ1) is 15.3. The van der Waals surface area contributed by atoms with E-state index in [4.69, 9.17) is 18.6 Å². The van der Waals surface area contributed by atoms with E-state index in [2.05, 4.69) is 6.92 Å². The second-order valence-electron chi connectivity index (χ2n) is 8.54. The molecule has 176 valence electrons. The minimum absolute atomic E-state index is 0.0511. The van der Waals surface area contributed by atoms with Crippen LogP contribution in [0.5, 0.6) is 17.2 Å². The normalized spacial score (nSPS) is 33.2. The second kappa shape index (κ2) is 9.24. The minimum Gasteiger partial charge on any atom is -0.499 e. The van der Waals surface area contributed by atoms with Gasteiger partial charge in [-0.25, -0.2) is 4.79 Å². The van der Waals surface area contributed by atoms with Crippen molar-refractivity contribution in [1.29, 1.82) is 0 Å². The van der Waals surface area contributed by atoms with E-state index < -0.39 is 48.7 Å². The average molecular weight is 452 g/mol. The topological polar surface area (TPSA) is 159 Å². The lowest BCUT2D eigenvalue weighted by Gasteiger charge is -2.39. The Bertz CT molecular complexity index is 994. The fourth-order valence-electron chi connectivity index (χ4n) is 4.15. The Labute approximate surface area is 183 Å². The van der Waals surface area contributed by atoms with Crippen molar-refractivity contribution in [3.63, 3.8) is 0 Å². The van der Waals surface area contributed by atoms with E-state index in [0.717, 1.165) is 25.7 Å². The Kier molecular flexibility index (Phi) is 6.59. The fourth-order valence-corrected chi connectivity index (χ4v) is 4.15. The van der Waals surface area contributed by atoms with Crippen LogP contribution in [0.1, 0.15) is 32.6 Å². The van der Waals surface area contributed by atoms with Crippen molar-refractivity contribution in [2.75, 3.05) is 6.61 Å². The lowest BCUT2D eigenvalue weighted by molar-refractivity contribution is -0.277. The molecule has 2 aliphatic rings. The van der Waals surface area contributed by atoms with Crippen molar-refractivity contribution in [2.45, 2.75) is 69.4 Å². The van der Waals surface area contributed by atoms with Crippen LogP contribution in [0, 0.1) is 5.92 Å². The molecular weight excluding hydrogens is 424 g/mol. The van der Waals surface area contributed by atoms with Crippen LogP contribution in [0.25, 0.3) is 11.0 Å². The van der Waals surface area contributed by atoms with E-state index in [0.29, 0.717) is 11.3 Å². The summed E-state index contributed by atoms with van der Waals surface area (Å²) in [4.78, 5) is 12.2. The summed E-state index contributed by atoms with van der Waals surface area (Å²) in [7, 11) is 0. The monoisotopic (exact) mass is 452 g/mol. The highest BCUT2D eigenvalue weighted by Crippen LogP contribution is 2.37. The molecule has 0 spiro atoms. The highest BCUT2D eigenvalue weighted by molar-refractivity contribution is 5.86. The molecule has 2 aromatic rings. The number of ether oxygens (including phenoxy) is 3. The Morgan fingerprint density at radius 3 is 2.44 bits per heavy atom. The van der Waals surface area contributed by atoms with Crippen molar-refractivity contribution in [3.05, 3.63) is 28.6 Å². The molecule has 1 aromatic heterocycles. The largest absolute Gasteiger partial charge is 0.499 e. The van der Waals surface area contributed by atoms with Crippen molar-refractivity contribution in [2.24, 2.45) is 5.92 Å². The molecule has 0 amide bonds. The molecule has 5 N–H and O–H groups in total. The SMILES string of the molecule is CC1CCC(Oc2c(O)c(=O)oc3cc(O[C@@H]4O[C@H](CO)[C@@H](O)[C@H](O)[C@H]4O)ccc23)CC1. The number of aliphatic hydroxyl groups excluding tert-OH is 4. The van der Waals surface area contributed by atoms with Crippen LogP contribution in [0.15, 0.2) is 27.4 Å². The number of hydrogen-bond acceptors (Lipinski definition) is 10. The zero-order valence-corrected chi connectivity index (χ0v) is 17.6. The number of fused-ring (bicyclic) bond motifs is 1. The van der Waals surface area contributed by atoms with Crippen molar-refractivity contribution in [1.82, 2.24) is 0 Å². The van der Waals surface area contributed by atoms with Gasteiger partial charge in [0.15, 0.2) is 5.75 Å². The summed E-state index contributed by atoms with van der Waals surface area (Å²) in [5.74, 6) is 0.199. The maximum atomic E-state index is 12.2. The molecule has 1 aliphatic carbocycles. The van der Waals surface area contributed by atoms with Gasteiger partial charge in [-0.3, -0.25) is 0 Å². The third kappa shape index (κ3) is 4.41. The molecule has 0 bridgehead atoms. The molecule has 1 aliphatic heterocycles. The molecule has 1 saturated carbocycles. The molecule has 1 aromatic carbocycles. The zero-order valence-electron chi connectivity index (χ0n) is 17.6. The summed E-state index contributed by atoms with van der Waals surface area (Å²) in [6.45, 7) is 1.59. The summed E-state index contributed by atoms with van der Waals surface area (Å²) in [5, 5.41) is 49.9. The van der Waals surface area contributed by atoms with Crippen molar-refractivity contribution in [3.8, 4) is 17.2 Å². The van der Waals surface area contributed by atoms with Crippen LogP contribution < -0.4 is 15.1 Å². The van der Waals surface area contributed by atoms with E-state index >= 15 is 0 Å². The first-order valence-corrected chi connectivity index (χ1v) is 10.7. The smallest absolute Gasteiger partial charge is 0.382 e. The number of aromatic hydroxyl groups is 1. The van der Waals surface area contributed by atoms with Crippen LogP contribution in [0.4, 0.5) is 0 Å². The fraction of sp³-hybridized carbons (Fsp3) is 0.591. The molecule has 2 heterocycles. The molecule has 10 nitrogen and oxygen atoms in total. The second-order valence-corrected chi connectivity index (χ2v) is 8.54. The van der Waals surface area contributed by atoms with E-state index in [1.807, 2.05) is 0 Å². The predicted molar refractivity (Wildman–Crippen MR) is 111 cm³/mol. The number of hydrogen-bond donors (Lipinski definition) is 5. The van der Waals surface area contributed by atoms with E-state index in [1.165, 1.54) is 18.2 Å². The van der Waals surface area contributed by atoms with Gasteiger partial charge in [-0.15, -0.1) is 0 Å². The van der Waals surface area contributed by atoms with Gasteiger partial charge in [0, 0.05) is 6.07 Å². The van der Waals surface area contributed by atoms with Gasteiger partial charge in [-0.05, 0) is 43.7 Å². The Balaban J connectivity index is 1.59. The maximum absolute atomic E-state index is 12.2. The lowest BCUT2D eigenvalue weighted by Crippen LogP contribution is -2.60. The predicted octanol–water partition coefficient (Wildman–Crippen LogP) is 0.635. The number of benzene rings is 1. The molecule has 4 rings (SSSR count). The molecule has 0 unspecified atom stereocenters. The molecule has 1 saturated heterocycles. The molecule has 10 heteroatoms. The van der Waals surface area contributed by atoms with Gasteiger partial charge in [0.1, 0.15) is 35.7 Å². The summed E-state index contributed by atoms with van der Waals surface area (Å²) >= 11 is 0. The third-order valence-electron chi connectivity index (χ3n) is 6.16. The summed E-state index contributed by atoms with van der Waals surface area (Å²) in [5.41, 5.74) is -0.865. The van der Waals surface area contributed by atoms with Gasteiger partial charge in [0.05, 0.1) is 18.1 Å². The van der Waals surface area contributed by atoms with E-state index in [-0.39, 0.29) is 23.2 Å². The van der Waals surface area contributed by atoms with Gasteiger partial charge in [0.25, 0.3) is 0 Å². The van der Waals surface area contributed by atoms with Crippen LogP contribution in [-0.4, -0.2) is 68.9 Å². The molecule has 32 heavy (non-hydrogen) atoms. The van der Waals surface area contributed by atoms with Crippen molar-refractivity contribution < 1.29 is 44.2 Å². The third-order valence-corrected chi connectivity index (χ3v) is 6.16. The summed E-state index contributed by atoms with van der Waals surface area (Å²) < 4.78 is 22.1. The average Bonchev–Trinajstić information content (AvgIpc) is 2.78. The molecule has 0 radical (unpaired) electrons. The Hall–Kier alpha value is -2.37. The molecular formula is C22H28O10. The highest BCUT2D eigenvalue weighted by Gasteiger charge is 2.44. The van der Waals surface area contributed by atoms with E-state index in [9.17, 15) is 30.3 Å². The highest BCUT2D eigenvalue weighted by atomic mass is 16.7. The van der Waals surface area contributed by atoms with Crippen LogP contribution >= 0.6 is 0 Å². The first-order valence-electron chi connectivity index (χ1n) is 10.7.